The fourth-order valence-corrected chi connectivity index (χ4v) is 12.8. The van der Waals surface area contributed by atoms with Crippen LogP contribution in [-0.4, -0.2) is 51.4 Å². The highest BCUT2D eigenvalue weighted by Gasteiger charge is 2.37. The summed E-state index contributed by atoms with van der Waals surface area (Å²) in [5.74, 6) is 0. The van der Waals surface area contributed by atoms with E-state index in [-0.39, 0.29) is 0 Å². The topological polar surface area (TPSA) is 46.2 Å². The van der Waals surface area contributed by atoms with E-state index in [0.29, 0.717) is 0 Å². The quantitative estimate of drug-likeness (QED) is 0.720. The normalized spacial score (nSPS) is 23.2. The Morgan fingerprint density at radius 3 is 1.62 bits per heavy atom. The number of hydrogen-bond donors (Lipinski definition) is 0. The lowest BCUT2D eigenvalue weighted by molar-refractivity contribution is 0.176. The van der Waals surface area contributed by atoms with Gasteiger partial charge in [0.05, 0.1) is 0 Å². The van der Waals surface area contributed by atoms with Crippen molar-refractivity contribution < 1.29 is 21.2 Å². The van der Waals surface area contributed by atoms with E-state index in [1.165, 1.54) is 0 Å². The molecule has 0 N–H and O–H groups in total. The molecule has 0 unspecified atom stereocenters. The zero-order valence-electron chi connectivity index (χ0n) is 10.2. The van der Waals surface area contributed by atoms with Crippen molar-refractivity contribution in [2.45, 2.75) is 31.6 Å². The van der Waals surface area contributed by atoms with Gasteiger partial charge in [-0.25, -0.2) is 0 Å². The van der Waals surface area contributed by atoms with E-state index in [9.17, 15) is 0 Å². The molecule has 1 fully saturated rings. The van der Waals surface area contributed by atoms with Crippen LogP contribution in [-0.2, 0) is 21.2 Å². The molecule has 1 aliphatic rings. The highest BCUT2D eigenvalue weighted by molar-refractivity contribution is 6.78. The van der Waals surface area contributed by atoms with Crippen molar-refractivity contribution in [2.75, 3.05) is 14.2 Å². The molecule has 4 radical (unpaired) electrons. The van der Waals surface area contributed by atoms with Gasteiger partial charge in [-0.2, -0.15) is 0 Å². The van der Waals surface area contributed by atoms with Crippen molar-refractivity contribution in [3.63, 3.8) is 0 Å². The molecule has 5 nitrogen and oxygen atoms in total. The molecule has 0 aliphatic carbocycles. The largest absolute Gasteiger partial charge is 0.558 e. The maximum Gasteiger partial charge on any atom is 0.558 e. The third-order valence-electron chi connectivity index (χ3n) is 2.14. The molecule has 1 aliphatic heterocycles. The van der Waals surface area contributed by atoms with Crippen LogP contribution in [0.1, 0.15) is 13.8 Å². The Labute approximate surface area is 104 Å². The first-order chi connectivity index (χ1) is 7.73. The Morgan fingerprint density at radius 2 is 1.31 bits per heavy atom. The van der Waals surface area contributed by atoms with E-state index in [1.54, 1.807) is 14.2 Å². The van der Waals surface area contributed by atoms with Crippen LogP contribution >= 0.6 is 0 Å². The van der Waals surface area contributed by atoms with Crippen LogP contribution in [0.5, 0.6) is 0 Å². The first-order valence-corrected chi connectivity index (χ1v) is 11.4. The van der Waals surface area contributed by atoms with Crippen molar-refractivity contribution in [2.24, 2.45) is 0 Å². The van der Waals surface area contributed by atoms with Gasteiger partial charge < -0.3 is 21.2 Å². The smallest absolute Gasteiger partial charge is 0.413 e. The summed E-state index contributed by atoms with van der Waals surface area (Å²) in [4.78, 5) is 0. The van der Waals surface area contributed by atoms with Crippen LogP contribution in [0.15, 0.2) is 0 Å². The zero-order valence-corrected chi connectivity index (χ0v) is 14.2. The first kappa shape index (κ1) is 14.7. The van der Waals surface area contributed by atoms with E-state index >= 15 is 0 Å². The van der Waals surface area contributed by atoms with Gasteiger partial charge in [0.15, 0.2) is 0 Å². The molecule has 0 atom stereocenters. The van der Waals surface area contributed by atoms with Crippen molar-refractivity contribution in [3.8, 4) is 0 Å². The Kier molecular flexibility index (Phi) is 7.26. The molecule has 0 aromatic carbocycles. The average molecular weight is 295 g/mol. The van der Waals surface area contributed by atoms with Gasteiger partial charge in [-0.15, -0.1) is 0 Å². The second kappa shape index (κ2) is 7.89. The van der Waals surface area contributed by atoms with E-state index in [4.69, 9.17) is 21.2 Å². The summed E-state index contributed by atoms with van der Waals surface area (Å²) in [7, 11) is -1.69. The highest BCUT2D eigenvalue weighted by Crippen LogP contribution is 2.15. The van der Waals surface area contributed by atoms with Crippen LogP contribution < -0.4 is 0 Å². The van der Waals surface area contributed by atoms with Gasteiger partial charge in [-0.1, -0.05) is 13.8 Å². The molecule has 1 heterocycles. The summed E-state index contributed by atoms with van der Waals surface area (Å²) >= 11 is 0. The predicted octanol–water partition coefficient (Wildman–Crippen LogP) is 0.874. The van der Waals surface area contributed by atoms with E-state index in [0.717, 1.165) is 17.8 Å². The lowest BCUT2D eigenvalue weighted by atomic mass is 11.0. The molecule has 0 aromatic rings. The highest BCUT2D eigenvalue weighted by atomic mass is 28.5. The van der Waals surface area contributed by atoms with E-state index in [1.807, 2.05) is 0 Å². The molecule has 9 heteroatoms. The van der Waals surface area contributed by atoms with Crippen molar-refractivity contribution in [1.29, 1.82) is 0 Å². The maximum atomic E-state index is 5.90. The second-order valence-electron chi connectivity index (χ2n) is 3.18. The second-order valence-corrected chi connectivity index (χ2v) is 12.4. The summed E-state index contributed by atoms with van der Waals surface area (Å²) in [5, 5.41) is 0. The standard InChI is InChI=1S/C7H18O5Si4/c1-5-13-7-14(6-2)11-16(9-4)12-15(8-3)10-13/h5-7H2,1-4H3. The Bertz CT molecular complexity index is 150. The van der Waals surface area contributed by atoms with Crippen molar-refractivity contribution in [1.82, 2.24) is 0 Å². The Morgan fingerprint density at radius 1 is 0.875 bits per heavy atom. The summed E-state index contributed by atoms with van der Waals surface area (Å²) in [6.45, 7) is 4.31. The third-order valence-corrected chi connectivity index (χ3v) is 12.5. The van der Waals surface area contributed by atoms with E-state index in [2.05, 4.69) is 13.8 Å². The fourth-order valence-electron chi connectivity index (χ4n) is 1.20. The molecule has 16 heavy (non-hydrogen) atoms. The minimum Gasteiger partial charge on any atom is -0.413 e. The van der Waals surface area contributed by atoms with Gasteiger partial charge in [-0.05, 0) is 17.8 Å². The number of hydrogen-bond acceptors (Lipinski definition) is 5. The number of rotatable bonds is 4. The first-order valence-electron chi connectivity index (χ1n) is 5.28. The van der Waals surface area contributed by atoms with Crippen LogP contribution in [0.3, 0.4) is 0 Å². The van der Waals surface area contributed by atoms with Crippen LogP contribution in [0.25, 0.3) is 0 Å². The molecule has 0 aromatic heterocycles. The molecular weight excluding hydrogens is 276 g/mol. The van der Waals surface area contributed by atoms with Crippen molar-refractivity contribution >= 4 is 37.1 Å². The minimum atomic E-state index is -1.64. The van der Waals surface area contributed by atoms with Crippen LogP contribution in [0.4, 0.5) is 0 Å². The van der Waals surface area contributed by atoms with E-state index < -0.39 is 37.1 Å². The molecular formula is C7H18O5Si4. The Balaban J connectivity index is 2.61. The molecule has 0 saturated carbocycles. The molecule has 0 amide bonds. The third kappa shape index (κ3) is 4.50. The van der Waals surface area contributed by atoms with Gasteiger partial charge in [0, 0.05) is 14.2 Å². The fraction of sp³-hybridized carbons (Fsp3) is 1.00. The molecule has 1 rings (SSSR count). The molecule has 0 bridgehead atoms. The SMILES string of the molecule is CC[Si]1C[Si](CC)O[Si](OC)O[Si](OC)O1. The van der Waals surface area contributed by atoms with Crippen molar-refractivity contribution in [3.05, 3.63) is 0 Å². The molecule has 92 valence electrons. The summed E-state index contributed by atoms with van der Waals surface area (Å²) in [6.07, 6.45) is 0. The molecule has 1 saturated heterocycles. The lowest BCUT2D eigenvalue weighted by Crippen LogP contribution is -2.48. The summed E-state index contributed by atoms with van der Waals surface area (Å²) in [6, 6.07) is 2.14. The monoisotopic (exact) mass is 294 g/mol. The summed E-state index contributed by atoms with van der Waals surface area (Å²) in [5.41, 5.74) is 1.08. The average Bonchev–Trinajstić information content (AvgIpc) is 2.29. The maximum absolute atomic E-state index is 5.90. The Hall–Kier alpha value is 0.668. The van der Waals surface area contributed by atoms with Crippen LogP contribution in [0, 0.1) is 0 Å². The molecule has 0 spiro atoms. The lowest BCUT2D eigenvalue weighted by Gasteiger charge is -2.28. The van der Waals surface area contributed by atoms with Crippen LogP contribution in [0.2, 0.25) is 17.8 Å². The van der Waals surface area contributed by atoms with Gasteiger partial charge in [-0.3, -0.25) is 0 Å². The zero-order chi connectivity index (χ0) is 12.0. The predicted molar refractivity (Wildman–Crippen MR) is 66.1 cm³/mol. The van der Waals surface area contributed by atoms with Gasteiger partial charge in [0.25, 0.3) is 0 Å². The summed E-state index contributed by atoms with van der Waals surface area (Å²) < 4.78 is 27.9. The van der Waals surface area contributed by atoms with Gasteiger partial charge in [0.1, 0.15) is 0 Å². The van der Waals surface area contributed by atoms with Gasteiger partial charge in [0.2, 0.25) is 18.1 Å². The minimum absolute atomic E-state index is 0.822. The van der Waals surface area contributed by atoms with Gasteiger partial charge >= 0.3 is 19.1 Å².